The smallest absolute Gasteiger partial charge is 0.127 e. The summed E-state index contributed by atoms with van der Waals surface area (Å²) in [6.45, 7) is 0.815. The Labute approximate surface area is 64.4 Å². The lowest BCUT2D eigenvalue weighted by Crippen LogP contribution is -2.41. The van der Waals surface area contributed by atoms with Gasteiger partial charge in [-0.25, -0.2) is 0 Å². The molecular formula is C8H7N3. The first kappa shape index (κ1) is 5.29. The number of aliphatic imine (C=N–C) groups is 2. The summed E-state index contributed by atoms with van der Waals surface area (Å²) in [4.78, 5) is 10.5. The van der Waals surface area contributed by atoms with Crippen LogP contribution in [-0.4, -0.2) is 29.5 Å². The Morgan fingerprint density at radius 2 is 2.55 bits per heavy atom. The highest BCUT2D eigenvalue weighted by Gasteiger charge is 2.44. The Morgan fingerprint density at radius 1 is 1.55 bits per heavy atom. The van der Waals surface area contributed by atoms with Crippen LogP contribution >= 0.6 is 0 Å². The van der Waals surface area contributed by atoms with Gasteiger partial charge in [-0.2, -0.15) is 0 Å². The Bertz CT molecular complexity index is 324. The molecule has 0 N–H and O–H groups in total. The van der Waals surface area contributed by atoms with Crippen LogP contribution < -0.4 is 0 Å². The molecule has 0 aromatic carbocycles. The number of hydrogen-bond donors (Lipinski definition) is 0. The first-order valence-corrected chi connectivity index (χ1v) is 3.63. The maximum Gasteiger partial charge on any atom is 0.127 e. The van der Waals surface area contributed by atoms with Crippen LogP contribution in [0.25, 0.3) is 0 Å². The highest BCUT2D eigenvalue weighted by atomic mass is 15.3. The molecule has 0 saturated heterocycles. The van der Waals surface area contributed by atoms with Gasteiger partial charge in [-0.15, -0.1) is 0 Å². The largest absolute Gasteiger partial charge is 0.322 e. The van der Waals surface area contributed by atoms with E-state index in [1.165, 1.54) is 5.57 Å². The number of rotatable bonds is 0. The molecule has 54 valence electrons. The predicted molar refractivity (Wildman–Crippen MR) is 43.6 cm³/mol. The van der Waals surface area contributed by atoms with Crippen molar-refractivity contribution in [1.82, 2.24) is 4.90 Å². The van der Waals surface area contributed by atoms with Crippen LogP contribution in [0.2, 0.25) is 0 Å². The minimum absolute atomic E-state index is 0.0139. The zero-order valence-electron chi connectivity index (χ0n) is 5.94. The Kier molecular flexibility index (Phi) is 0.695. The van der Waals surface area contributed by atoms with E-state index in [4.69, 9.17) is 0 Å². The maximum absolute atomic E-state index is 4.22. The summed E-state index contributed by atoms with van der Waals surface area (Å²) >= 11 is 0. The molecule has 0 fully saturated rings. The second-order valence-electron chi connectivity index (χ2n) is 2.97. The van der Waals surface area contributed by atoms with Gasteiger partial charge >= 0.3 is 0 Å². The zero-order chi connectivity index (χ0) is 7.31. The van der Waals surface area contributed by atoms with Gasteiger partial charge in [0.1, 0.15) is 5.54 Å². The van der Waals surface area contributed by atoms with Gasteiger partial charge in [0.15, 0.2) is 0 Å². The lowest BCUT2D eigenvalue weighted by molar-refractivity contribution is 0.466. The fourth-order valence-electron chi connectivity index (χ4n) is 1.75. The first-order valence-electron chi connectivity index (χ1n) is 3.63. The van der Waals surface area contributed by atoms with Gasteiger partial charge in [0.2, 0.25) is 0 Å². The molecule has 0 aromatic heterocycles. The summed E-state index contributed by atoms with van der Waals surface area (Å²) in [6, 6.07) is 0. The molecule has 0 aromatic rings. The topological polar surface area (TPSA) is 28.0 Å². The molecule has 1 unspecified atom stereocenters. The van der Waals surface area contributed by atoms with E-state index in [9.17, 15) is 0 Å². The summed E-state index contributed by atoms with van der Waals surface area (Å²) in [5.41, 5.74) is 1.25. The third-order valence-corrected chi connectivity index (χ3v) is 2.42. The van der Waals surface area contributed by atoms with Crippen molar-refractivity contribution in [2.75, 3.05) is 6.54 Å². The molecule has 1 spiro atoms. The van der Waals surface area contributed by atoms with Crippen molar-refractivity contribution in [1.29, 1.82) is 0 Å². The summed E-state index contributed by atoms with van der Waals surface area (Å²) in [5, 5.41) is 0. The van der Waals surface area contributed by atoms with Crippen molar-refractivity contribution in [3.63, 3.8) is 0 Å². The van der Waals surface area contributed by atoms with Crippen molar-refractivity contribution in [2.24, 2.45) is 9.98 Å². The third-order valence-electron chi connectivity index (χ3n) is 2.42. The van der Waals surface area contributed by atoms with Crippen LogP contribution in [0.15, 0.2) is 34.0 Å². The van der Waals surface area contributed by atoms with Gasteiger partial charge in [0.05, 0.1) is 12.9 Å². The monoisotopic (exact) mass is 145 g/mol. The van der Waals surface area contributed by atoms with Crippen molar-refractivity contribution in [3.8, 4) is 0 Å². The third kappa shape index (κ3) is 0.431. The standard InChI is InChI=1S/C8H7N3/c1-2-11-6-10-5-8(11)4-9-3-7(1)8/h1-4,6H,5H2. The summed E-state index contributed by atoms with van der Waals surface area (Å²) in [7, 11) is 0. The summed E-state index contributed by atoms with van der Waals surface area (Å²) in [6.07, 6.45) is 9.89. The molecule has 11 heavy (non-hydrogen) atoms. The minimum Gasteiger partial charge on any atom is -0.322 e. The molecule has 0 saturated carbocycles. The van der Waals surface area contributed by atoms with Crippen LogP contribution in [0.3, 0.4) is 0 Å². The van der Waals surface area contributed by atoms with Crippen LogP contribution in [0.5, 0.6) is 0 Å². The molecular weight excluding hydrogens is 138 g/mol. The van der Waals surface area contributed by atoms with Gasteiger partial charge in [-0.05, 0) is 6.08 Å². The van der Waals surface area contributed by atoms with E-state index in [-0.39, 0.29) is 5.54 Å². The second kappa shape index (κ2) is 1.44. The predicted octanol–water partition coefficient (Wildman–Crippen LogP) is 0.565. The molecule has 0 bridgehead atoms. The van der Waals surface area contributed by atoms with E-state index in [0.717, 1.165) is 6.54 Å². The van der Waals surface area contributed by atoms with E-state index in [1.807, 2.05) is 25.0 Å². The molecule has 0 radical (unpaired) electrons. The minimum atomic E-state index is -0.0139. The van der Waals surface area contributed by atoms with Crippen molar-refractivity contribution in [2.45, 2.75) is 5.54 Å². The van der Waals surface area contributed by atoms with Crippen molar-refractivity contribution < 1.29 is 0 Å². The van der Waals surface area contributed by atoms with Gasteiger partial charge in [0.25, 0.3) is 0 Å². The maximum atomic E-state index is 4.22. The molecule has 3 aliphatic heterocycles. The quantitative estimate of drug-likeness (QED) is 0.489. The normalized spacial score (nSPS) is 36.4. The lowest BCUT2D eigenvalue weighted by Gasteiger charge is -2.24. The molecule has 3 aliphatic rings. The molecule has 3 heteroatoms. The van der Waals surface area contributed by atoms with E-state index in [0.29, 0.717) is 0 Å². The van der Waals surface area contributed by atoms with E-state index in [2.05, 4.69) is 21.0 Å². The average molecular weight is 145 g/mol. The van der Waals surface area contributed by atoms with E-state index < -0.39 is 0 Å². The Hall–Kier alpha value is -1.38. The van der Waals surface area contributed by atoms with Gasteiger partial charge in [-0.3, -0.25) is 9.98 Å². The second-order valence-corrected chi connectivity index (χ2v) is 2.97. The van der Waals surface area contributed by atoms with Gasteiger partial charge in [-0.1, -0.05) is 0 Å². The van der Waals surface area contributed by atoms with Crippen LogP contribution in [0.1, 0.15) is 0 Å². The first-order chi connectivity index (χ1) is 5.42. The molecule has 3 nitrogen and oxygen atoms in total. The SMILES string of the molecule is C1=CN2C=NCC23C=NC=C13. The molecule has 3 heterocycles. The molecule has 1 atom stereocenters. The highest BCUT2D eigenvalue weighted by Crippen LogP contribution is 2.35. The fourth-order valence-corrected chi connectivity index (χ4v) is 1.75. The van der Waals surface area contributed by atoms with E-state index in [1.54, 1.807) is 0 Å². The lowest BCUT2D eigenvalue weighted by atomic mass is 9.96. The van der Waals surface area contributed by atoms with Gasteiger partial charge in [0, 0.05) is 24.2 Å². The van der Waals surface area contributed by atoms with Crippen LogP contribution in [-0.2, 0) is 0 Å². The Balaban J connectivity index is 2.21. The molecule has 3 rings (SSSR count). The Morgan fingerprint density at radius 3 is 3.55 bits per heavy atom. The average Bonchev–Trinajstić information content (AvgIpc) is 2.55. The number of nitrogens with zero attached hydrogens (tertiary/aromatic N) is 3. The number of hydrogen-bond acceptors (Lipinski definition) is 3. The summed E-state index contributed by atoms with van der Waals surface area (Å²) in [5.74, 6) is 0. The highest BCUT2D eigenvalue weighted by molar-refractivity contribution is 5.89. The van der Waals surface area contributed by atoms with Crippen LogP contribution in [0.4, 0.5) is 0 Å². The van der Waals surface area contributed by atoms with Crippen molar-refractivity contribution >= 4 is 12.6 Å². The fraction of sp³-hybridized carbons (Fsp3) is 0.250. The summed E-state index contributed by atoms with van der Waals surface area (Å²) < 4.78 is 0. The van der Waals surface area contributed by atoms with Crippen LogP contribution in [0, 0.1) is 0 Å². The van der Waals surface area contributed by atoms with Gasteiger partial charge < -0.3 is 4.90 Å². The molecule has 0 amide bonds. The zero-order valence-corrected chi connectivity index (χ0v) is 5.94. The molecule has 0 aliphatic carbocycles. The van der Waals surface area contributed by atoms with Crippen molar-refractivity contribution in [3.05, 3.63) is 24.0 Å². The van der Waals surface area contributed by atoms with E-state index >= 15 is 0 Å².